The number of hydrogen-bond acceptors (Lipinski definition) is 5. The maximum Gasteiger partial charge on any atom is 0.234 e. The van der Waals surface area contributed by atoms with Crippen LogP contribution in [-0.2, 0) is 23.1 Å². The van der Waals surface area contributed by atoms with Crippen LogP contribution in [0.5, 0.6) is 0 Å². The highest BCUT2D eigenvalue weighted by atomic mass is 35.5. The summed E-state index contributed by atoms with van der Waals surface area (Å²) >= 11 is 7.29. The number of nitrogens with zero attached hydrogens (tertiary/aromatic N) is 3. The molecule has 2 N–H and O–H groups in total. The Morgan fingerprint density at radius 1 is 1.40 bits per heavy atom. The summed E-state index contributed by atoms with van der Waals surface area (Å²) in [5.41, 5.74) is 0.688. The van der Waals surface area contributed by atoms with Crippen LogP contribution in [-0.4, -0.2) is 52.7 Å². The highest BCUT2D eigenvalue weighted by Gasteiger charge is 2.19. The number of rotatable bonds is 6. The number of thioether (sulfide) groups is 1. The number of quaternary nitrogens is 1. The Morgan fingerprint density at radius 2 is 2.20 bits per heavy atom. The minimum absolute atomic E-state index is 0.101. The summed E-state index contributed by atoms with van der Waals surface area (Å²) < 4.78 is 7.33. The number of carbonyl (C=O) groups is 1. The number of morpholine rings is 1. The summed E-state index contributed by atoms with van der Waals surface area (Å²) in [5.74, 6) is 1.09. The molecule has 1 aromatic carbocycles. The van der Waals surface area contributed by atoms with E-state index in [1.165, 1.54) is 16.7 Å². The first-order chi connectivity index (χ1) is 12.1. The van der Waals surface area contributed by atoms with Crippen LogP contribution in [0.3, 0.4) is 0 Å². The van der Waals surface area contributed by atoms with E-state index in [0.717, 1.165) is 43.8 Å². The smallest absolute Gasteiger partial charge is 0.234 e. The van der Waals surface area contributed by atoms with E-state index in [1.807, 2.05) is 11.6 Å². The van der Waals surface area contributed by atoms with Gasteiger partial charge in [-0.05, 0) is 18.2 Å². The first-order valence-electron chi connectivity index (χ1n) is 8.09. The fraction of sp³-hybridized carbons (Fsp3) is 0.438. The number of anilines is 1. The number of hydrogen-bond donors (Lipinski definition) is 2. The van der Waals surface area contributed by atoms with Gasteiger partial charge in [-0.1, -0.05) is 29.4 Å². The lowest BCUT2D eigenvalue weighted by atomic mass is 10.3. The molecule has 1 aliphatic rings. The second-order valence-corrected chi connectivity index (χ2v) is 7.22. The van der Waals surface area contributed by atoms with Crippen LogP contribution in [0.15, 0.2) is 29.4 Å². The predicted octanol–water partition coefficient (Wildman–Crippen LogP) is 0.614. The Labute approximate surface area is 155 Å². The summed E-state index contributed by atoms with van der Waals surface area (Å²) in [6, 6.07) is 7.09. The summed E-state index contributed by atoms with van der Waals surface area (Å²) in [7, 11) is 1.94. The van der Waals surface area contributed by atoms with Crippen molar-refractivity contribution >= 4 is 35.0 Å². The minimum atomic E-state index is -0.101. The molecule has 1 saturated heterocycles. The Hall–Kier alpha value is -1.61. The summed E-state index contributed by atoms with van der Waals surface area (Å²) in [5, 5.41) is 12.6. The number of benzene rings is 1. The molecule has 0 bridgehead atoms. The van der Waals surface area contributed by atoms with Gasteiger partial charge in [0.05, 0.1) is 19.0 Å². The lowest BCUT2D eigenvalue weighted by Crippen LogP contribution is -3.12. The maximum absolute atomic E-state index is 12.1. The Morgan fingerprint density at radius 3 is 2.96 bits per heavy atom. The van der Waals surface area contributed by atoms with Crippen molar-refractivity contribution in [3.63, 3.8) is 0 Å². The van der Waals surface area contributed by atoms with Crippen LogP contribution in [0.25, 0.3) is 0 Å². The molecule has 0 unspecified atom stereocenters. The summed E-state index contributed by atoms with van der Waals surface area (Å²) in [4.78, 5) is 13.5. The lowest BCUT2D eigenvalue weighted by Gasteiger charge is -2.23. The molecular formula is C16H21ClN5O2S+. The van der Waals surface area contributed by atoms with Gasteiger partial charge in [-0.2, -0.15) is 0 Å². The van der Waals surface area contributed by atoms with Gasteiger partial charge in [0.1, 0.15) is 19.6 Å². The van der Waals surface area contributed by atoms with Crippen LogP contribution in [0, 0.1) is 0 Å². The minimum Gasteiger partial charge on any atom is -0.370 e. The third-order valence-corrected chi connectivity index (χ3v) is 5.23. The molecular weight excluding hydrogens is 362 g/mol. The molecule has 134 valence electrons. The van der Waals surface area contributed by atoms with Gasteiger partial charge in [-0.25, -0.2) is 0 Å². The van der Waals surface area contributed by atoms with Crippen molar-refractivity contribution in [2.75, 3.05) is 37.4 Å². The van der Waals surface area contributed by atoms with Gasteiger partial charge >= 0.3 is 0 Å². The van der Waals surface area contributed by atoms with Gasteiger partial charge in [0.25, 0.3) is 0 Å². The number of halogens is 1. The molecule has 25 heavy (non-hydrogen) atoms. The number of amides is 1. The molecule has 2 aromatic rings. The van der Waals surface area contributed by atoms with Crippen molar-refractivity contribution in [1.29, 1.82) is 0 Å². The summed E-state index contributed by atoms with van der Waals surface area (Å²) in [6.45, 7) is 4.37. The first-order valence-corrected chi connectivity index (χ1v) is 9.46. The molecule has 1 amide bonds. The van der Waals surface area contributed by atoms with E-state index in [0.29, 0.717) is 10.7 Å². The Kier molecular flexibility index (Phi) is 6.30. The van der Waals surface area contributed by atoms with Crippen molar-refractivity contribution in [1.82, 2.24) is 14.8 Å². The van der Waals surface area contributed by atoms with Gasteiger partial charge < -0.3 is 19.5 Å². The lowest BCUT2D eigenvalue weighted by molar-refractivity contribution is -0.922. The van der Waals surface area contributed by atoms with Crippen LogP contribution in [0.1, 0.15) is 5.82 Å². The highest BCUT2D eigenvalue weighted by Crippen LogP contribution is 2.18. The molecule has 0 saturated carbocycles. The quantitative estimate of drug-likeness (QED) is 0.716. The van der Waals surface area contributed by atoms with Gasteiger partial charge in [0.15, 0.2) is 11.0 Å². The molecule has 0 radical (unpaired) electrons. The number of carbonyl (C=O) groups excluding carboxylic acids is 1. The van der Waals surface area contributed by atoms with Crippen LogP contribution in [0.2, 0.25) is 5.02 Å². The van der Waals surface area contributed by atoms with Crippen LogP contribution < -0.4 is 10.2 Å². The third kappa shape index (κ3) is 5.18. The van der Waals surface area contributed by atoms with Crippen molar-refractivity contribution < 1.29 is 14.4 Å². The van der Waals surface area contributed by atoms with Gasteiger partial charge in [-0.3, -0.25) is 4.79 Å². The third-order valence-electron chi connectivity index (χ3n) is 3.97. The van der Waals surface area contributed by atoms with E-state index < -0.39 is 0 Å². The monoisotopic (exact) mass is 382 g/mol. The first kappa shape index (κ1) is 18.2. The molecule has 9 heteroatoms. The standard InChI is InChI=1S/C16H20ClN5O2S/c1-21-14(10-22-5-7-24-8-6-22)19-20-16(21)25-11-15(23)18-13-4-2-3-12(17)9-13/h2-4,9H,5-8,10-11H2,1H3,(H,18,23)/p+1. The molecule has 2 heterocycles. The second kappa shape index (κ2) is 8.66. The van der Waals surface area contributed by atoms with Crippen molar-refractivity contribution in [2.24, 2.45) is 7.05 Å². The average Bonchev–Trinajstić information content (AvgIpc) is 2.94. The fourth-order valence-corrected chi connectivity index (χ4v) is 3.50. The van der Waals surface area contributed by atoms with Gasteiger partial charge in [0.2, 0.25) is 5.91 Å². The molecule has 1 aliphatic heterocycles. The van der Waals surface area contributed by atoms with Gasteiger partial charge in [-0.15, -0.1) is 10.2 Å². The Balaban J connectivity index is 1.52. The van der Waals surface area contributed by atoms with Crippen molar-refractivity contribution in [3.8, 4) is 0 Å². The molecule has 0 spiro atoms. The Bertz CT molecular complexity index is 733. The van der Waals surface area contributed by atoms with Gasteiger partial charge in [0, 0.05) is 17.8 Å². The molecule has 0 atom stereocenters. The normalized spacial score (nSPS) is 15.3. The topological polar surface area (TPSA) is 73.5 Å². The number of ether oxygens (including phenoxy) is 1. The second-order valence-electron chi connectivity index (χ2n) is 5.84. The van der Waals surface area contributed by atoms with E-state index in [2.05, 4.69) is 15.5 Å². The van der Waals surface area contributed by atoms with E-state index in [9.17, 15) is 4.79 Å². The molecule has 1 fully saturated rings. The van der Waals surface area contributed by atoms with E-state index in [1.54, 1.807) is 24.3 Å². The zero-order chi connectivity index (χ0) is 17.6. The zero-order valence-corrected chi connectivity index (χ0v) is 15.6. The average molecular weight is 383 g/mol. The molecule has 1 aromatic heterocycles. The fourth-order valence-electron chi connectivity index (χ4n) is 2.58. The van der Waals surface area contributed by atoms with Crippen molar-refractivity contribution in [2.45, 2.75) is 11.7 Å². The van der Waals surface area contributed by atoms with Crippen LogP contribution >= 0.6 is 23.4 Å². The summed E-state index contributed by atoms with van der Waals surface area (Å²) in [6.07, 6.45) is 0. The number of aromatic nitrogens is 3. The largest absolute Gasteiger partial charge is 0.370 e. The van der Waals surface area contributed by atoms with E-state index in [4.69, 9.17) is 16.3 Å². The van der Waals surface area contributed by atoms with E-state index >= 15 is 0 Å². The zero-order valence-electron chi connectivity index (χ0n) is 14.0. The SMILES string of the molecule is Cn1c(C[NH+]2CCOCC2)nnc1SCC(=O)Nc1cccc(Cl)c1. The maximum atomic E-state index is 12.1. The van der Waals surface area contributed by atoms with E-state index in [-0.39, 0.29) is 11.7 Å². The highest BCUT2D eigenvalue weighted by molar-refractivity contribution is 7.99. The van der Waals surface area contributed by atoms with Crippen molar-refractivity contribution in [3.05, 3.63) is 35.1 Å². The molecule has 7 nitrogen and oxygen atoms in total. The predicted molar refractivity (Wildman–Crippen MR) is 97.0 cm³/mol. The number of nitrogens with one attached hydrogen (secondary N) is 2. The van der Waals surface area contributed by atoms with Crippen LogP contribution in [0.4, 0.5) is 5.69 Å². The molecule has 0 aliphatic carbocycles. The molecule has 3 rings (SSSR count).